The van der Waals surface area contributed by atoms with Gasteiger partial charge in [0.1, 0.15) is 11.4 Å². The van der Waals surface area contributed by atoms with E-state index in [2.05, 4.69) is 33.9 Å². The molecule has 4 aliphatic rings. The summed E-state index contributed by atoms with van der Waals surface area (Å²) in [6.45, 7) is 16.6. The zero-order valence-electron chi connectivity index (χ0n) is 19.9. The van der Waals surface area contributed by atoms with Crippen LogP contribution in [-0.4, -0.2) is 45.6 Å². The molecule has 31 heavy (non-hydrogen) atoms. The first-order valence-electron chi connectivity index (χ1n) is 10.0. The molecule has 0 aromatic rings. The van der Waals surface area contributed by atoms with Crippen molar-refractivity contribution < 1.29 is 36.1 Å². The molecule has 0 saturated heterocycles. The summed E-state index contributed by atoms with van der Waals surface area (Å²) in [6.07, 6.45) is 6.65. The number of ether oxygens (including phenoxy) is 1. The van der Waals surface area contributed by atoms with Crippen LogP contribution in [0.1, 0.15) is 73.1 Å². The van der Waals surface area contributed by atoms with Crippen LogP contribution in [0, 0.1) is 30.1 Å². The topological polar surface area (TPSA) is 60.4 Å². The maximum Gasteiger partial charge on any atom is 2.00 e. The second-order valence-electron chi connectivity index (χ2n) is 9.59. The third-order valence-corrected chi connectivity index (χ3v) is 7.68. The van der Waals surface area contributed by atoms with Gasteiger partial charge in [-0.15, -0.1) is 0 Å². The molecule has 0 aromatic heterocycles. The van der Waals surface area contributed by atoms with Crippen molar-refractivity contribution in [2.24, 2.45) is 22.7 Å². The van der Waals surface area contributed by atoms with Gasteiger partial charge in [0, 0.05) is 28.4 Å². The summed E-state index contributed by atoms with van der Waals surface area (Å²) in [4.78, 5) is 32.2. The first kappa shape index (κ1) is 33.0. The van der Waals surface area contributed by atoms with Crippen LogP contribution < -0.4 is 17.0 Å². The molecule has 0 aromatic carbocycles. The Labute approximate surface area is 219 Å². The standard InChI is InChI=1S/C12H18O2.C7H10O.C4H5ClO.CH3.BrH.Mg/c1-8(2)10(13)14-12(4)6-5-9-7-11(9,12)3;1-7-4-5(7)2-3-6(7)8;1-3(2)4(5)6;;;/h9H,1,5-7H2,2-4H3;5H,2-4H2,1H3;1H2,2H3;1H3;1H;/q;;;-1;;+2/p-1. The second kappa shape index (κ2) is 11.8. The summed E-state index contributed by atoms with van der Waals surface area (Å²) in [6, 6.07) is 0. The Hall–Kier alpha value is -0.174. The molecule has 0 radical (unpaired) electrons. The maximum absolute atomic E-state index is 11.5. The number of fused-ring (bicyclic) bond motifs is 2. The Morgan fingerprint density at radius 2 is 1.55 bits per heavy atom. The van der Waals surface area contributed by atoms with Crippen molar-refractivity contribution in [1.82, 2.24) is 0 Å². The molecule has 5 atom stereocenters. The Morgan fingerprint density at radius 3 is 1.74 bits per heavy atom. The Bertz CT molecular complexity index is 723. The number of ketones is 1. The van der Waals surface area contributed by atoms with Crippen molar-refractivity contribution >= 4 is 51.6 Å². The van der Waals surface area contributed by atoms with E-state index in [1.807, 2.05) is 0 Å². The average molecular weight is 528 g/mol. The van der Waals surface area contributed by atoms with Crippen molar-refractivity contribution in [2.75, 3.05) is 0 Å². The summed E-state index contributed by atoms with van der Waals surface area (Å²) in [5.74, 6) is 1.85. The average Bonchev–Trinajstić information content (AvgIpc) is 3.42. The molecule has 0 heterocycles. The van der Waals surface area contributed by atoms with Crippen molar-refractivity contribution in [1.29, 1.82) is 0 Å². The van der Waals surface area contributed by atoms with Gasteiger partial charge in [-0.1, -0.05) is 27.0 Å². The summed E-state index contributed by atoms with van der Waals surface area (Å²) in [5.41, 5.74) is 1.07. The van der Waals surface area contributed by atoms with Crippen LogP contribution in [-0.2, 0) is 19.1 Å². The van der Waals surface area contributed by atoms with E-state index >= 15 is 0 Å². The van der Waals surface area contributed by atoms with Crippen LogP contribution in [0.3, 0.4) is 0 Å². The number of carbonyl (C=O) groups is 3. The van der Waals surface area contributed by atoms with E-state index in [0.717, 1.165) is 24.7 Å². The van der Waals surface area contributed by atoms with Crippen LogP contribution in [0.15, 0.2) is 24.3 Å². The van der Waals surface area contributed by atoms with Crippen molar-refractivity contribution in [3.05, 3.63) is 31.7 Å². The molecule has 0 spiro atoms. The zero-order chi connectivity index (χ0) is 21.5. The van der Waals surface area contributed by atoms with E-state index in [-0.39, 0.29) is 69.9 Å². The predicted octanol–water partition coefficient (Wildman–Crippen LogP) is 2.46. The molecule has 172 valence electrons. The zero-order valence-corrected chi connectivity index (χ0v) is 23.7. The van der Waals surface area contributed by atoms with E-state index in [4.69, 9.17) is 16.3 Å². The fourth-order valence-electron chi connectivity index (χ4n) is 4.52. The third kappa shape index (κ3) is 7.15. The molecule has 0 amide bonds. The number of esters is 1. The van der Waals surface area contributed by atoms with Gasteiger partial charge < -0.3 is 29.1 Å². The minimum absolute atomic E-state index is 0. The smallest absolute Gasteiger partial charge is 1.00 e. The quantitative estimate of drug-likeness (QED) is 0.186. The van der Waals surface area contributed by atoms with Crippen molar-refractivity contribution in [3.8, 4) is 0 Å². The SMILES string of the molecule is C=C(C)C(=O)Cl.C=C(C)C(=O)OC1(C)CCC2CC21C.CC12CC1CCC2=O.[Br-].[CH3-].[Mg+2]. The molecule has 4 saturated carbocycles. The molecule has 7 heteroatoms. The predicted molar refractivity (Wildman–Crippen MR) is 123 cm³/mol. The maximum atomic E-state index is 11.5. The number of hydrogen-bond acceptors (Lipinski definition) is 4. The van der Waals surface area contributed by atoms with Gasteiger partial charge in [0.05, 0.1) is 0 Å². The summed E-state index contributed by atoms with van der Waals surface area (Å²) < 4.78 is 5.58. The minimum atomic E-state index is -0.463. The fourth-order valence-corrected chi connectivity index (χ4v) is 4.52. The van der Waals surface area contributed by atoms with Crippen molar-refractivity contribution in [2.45, 2.75) is 78.7 Å². The molecular formula is C24H36BrClMgO4. The van der Waals surface area contributed by atoms with E-state index in [1.165, 1.54) is 25.7 Å². The van der Waals surface area contributed by atoms with Gasteiger partial charge in [-0.05, 0) is 76.3 Å². The van der Waals surface area contributed by atoms with Gasteiger partial charge in [-0.2, -0.15) is 0 Å². The molecule has 4 nitrogen and oxygen atoms in total. The molecule has 0 aliphatic heterocycles. The minimum Gasteiger partial charge on any atom is -1.00 e. The van der Waals surface area contributed by atoms with Gasteiger partial charge in [-0.25, -0.2) is 4.79 Å². The number of rotatable bonds is 3. The monoisotopic (exact) mass is 526 g/mol. The van der Waals surface area contributed by atoms with Crippen LogP contribution in [0.25, 0.3) is 0 Å². The van der Waals surface area contributed by atoms with Crippen LogP contribution in [0.4, 0.5) is 0 Å². The summed E-state index contributed by atoms with van der Waals surface area (Å²) in [5, 5.41) is -0.463. The largest absolute Gasteiger partial charge is 2.00 e. The van der Waals surface area contributed by atoms with E-state index < -0.39 is 5.24 Å². The molecule has 0 N–H and O–H groups in total. The second-order valence-corrected chi connectivity index (χ2v) is 9.94. The number of allylic oxidation sites excluding steroid dienone is 1. The van der Waals surface area contributed by atoms with Crippen molar-refractivity contribution in [3.63, 3.8) is 0 Å². The molecule has 5 unspecified atom stereocenters. The molecule has 4 rings (SSSR count). The van der Waals surface area contributed by atoms with E-state index in [1.54, 1.807) is 13.8 Å². The van der Waals surface area contributed by atoms with Gasteiger partial charge >= 0.3 is 29.0 Å². The van der Waals surface area contributed by atoms with Gasteiger partial charge in [0.15, 0.2) is 0 Å². The summed E-state index contributed by atoms with van der Waals surface area (Å²) >= 11 is 4.87. The first-order valence-corrected chi connectivity index (χ1v) is 10.4. The van der Waals surface area contributed by atoms with Crippen LogP contribution in [0.5, 0.6) is 0 Å². The van der Waals surface area contributed by atoms with Gasteiger partial charge in [-0.3, -0.25) is 9.59 Å². The van der Waals surface area contributed by atoms with Crippen LogP contribution >= 0.6 is 11.6 Å². The Balaban J connectivity index is 0. The van der Waals surface area contributed by atoms with Gasteiger partial charge in [0.2, 0.25) is 5.24 Å². The number of hydrogen-bond donors (Lipinski definition) is 0. The molecule has 4 fully saturated rings. The Morgan fingerprint density at radius 1 is 1.03 bits per heavy atom. The Kier molecular flexibility index (Phi) is 12.6. The number of carbonyl (C=O) groups excluding carboxylic acids is 3. The van der Waals surface area contributed by atoms with Gasteiger partial charge in [0.25, 0.3) is 0 Å². The first-order chi connectivity index (χ1) is 12.8. The third-order valence-electron chi connectivity index (χ3n) is 7.36. The van der Waals surface area contributed by atoms with E-state index in [0.29, 0.717) is 16.9 Å². The normalized spacial score (nSPS) is 34.8. The molecule has 0 bridgehead atoms. The van der Waals surface area contributed by atoms with Crippen LogP contribution in [0.2, 0.25) is 0 Å². The summed E-state index contributed by atoms with van der Waals surface area (Å²) in [7, 11) is 0. The fraction of sp³-hybridized carbons (Fsp3) is 0.667. The molecule has 4 aliphatic carbocycles. The van der Waals surface area contributed by atoms with E-state index in [9.17, 15) is 14.4 Å². The number of Topliss-reactive ketones (excluding diaryl/α,β-unsaturated/α-hetero) is 1. The molecular weight excluding hydrogens is 492 g/mol. The number of halogens is 2.